The van der Waals surface area contributed by atoms with Gasteiger partial charge in [0.2, 0.25) is 5.89 Å². The lowest BCUT2D eigenvalue weighted by atomic mass is 9.99. The highest BCUT2D eigenvalue weighted by molar-refractivity contribution is 5.78. The van der Waals surface area contributed by atoms with Crippen molar-refractivity contribution in [2.24, 2.45) is 5.92 Å². The molecule has 2 aliphatic rings. The smallest absolute Gasteiger partial charge is 0.240 e. The Morgan fingerprint density at radius 2 is 1.96 bits per heavy atom. The fraction of sp³-hybridized carbons (Fsp3) is 0.450. The van der Waals surface area contributed by atoms with Crippen LogP contribution in [0.15, 0.2) is 40.9 Å². The molecule has 26 heavy (non-hydrogen) atoms. The highest BCUT2D eigenvalue weighted by Gasteiger charge is 2.33. The fourth-order valence-corrected chi connectivity index (χ4v) is 3.79. The average Bonchev–Trinajstić information content (AvgIpc) is 3.31. The van der Waals surface area contributed by atoms with E-state index in [-0.39, 0.29) is 12.0 Å². The third-order valence-electron chi connectivity index (χ3n) is 5.39. The first kappa shape index (κ1) is 15.9. The zero-order valence-corrected chi connectivity index (χ0v) is 14.6. The van der Waals surface area contributed by atoms with Gasteiger partial charge in [0.25, 0.3) is 0 Å². The van der Waals surface area contributed by atoms with Crippen LogP contribution in [0.1, 0.15) is 36.2 Å². The second-order valence-electron chi connectivity index (χ2n) is 7.54. The summed E-state index contributed by atoms with van der Waals surface area (Å²) in [6.07, 6.45) is 2.76. The zero-order chi connectivity index (χ0) is 17.5. The largest absolute Gasteiger partial charge is 0.391 e. The van der Waals surface area contributed by atoms with Crippen molar-refractivity contribution >= 4 is 10.9 Å². The van der Waals surface area contributed by atoms with Gasteiger partial charge in [-0.2, -0.15) is 4.98 Å². The molecule has 134 valence electrons. The molecule has 3 aromatic rings. The molecule has 6 nitrogen and oxygen atoms in total. The van der Waals surface area contributed by atoms with Crippen molar-refractivity contribution in [3.8, 4) is 0 Å². The minimum absolute atomic E-state index is 0.175. The minimum atomic E-state index is -0.353. The Kier molecular flexibility index (Phi) is 3.94. The van der Waals surface area contributed by atoms with Crippen LogP contribution in [0.2, 0.25) is 0 Å². The third kappa shape index (κ3) is 3.22. The standard InChI is InChI=1S/C20H22N4O2/c25-18-11-24(12-19-22-20(23-26-19)14-5-6-14)10-15(18)9-16-8-7-13-3-1-2-4-17(13)21-16/h1-4,7-8,14-15,18,25H,5-6,9-12H2/t15-,18-/m1/s1. The molecule has 0 radical (unpaired) electrons. The molecule has 0 unspecified atom stereocenters. The lowest BCUT2D eigenvalue weighted by Gasteiger charge is -2.13. The van der Waals surface area contributed by atoms with Crippen LogP contribution in [-0.2, 0) is 13.0 Å². The van der Waals surface area contributed by atoms with Gasteiger partial charge in [0.15, 0.2) is 5.82 Å². The molecule has 0 amide bonds. The van der Waals surface area contributed by atoms with Crippen molar-refractivity contribution in [2.45, 2.75) is 37.8 Å². The number of aliphatic hydroxyl groups is 1. The summed E-state index contributed by atoms with van der Waals surface area (Å²) in [7, 11) is 0. The van der Waals surface area contributed by atoms with Crippen LogP contribution in [0.5, 0.6) is 0 Å². The molecule has 0 bridgehead atoms. The Bertz CT molecular complexity index is 921. The number of hydrogen-bond donors (Lipinski definition) is 1. The number of fused-ring (bicyclic) bond motifs is 1. The molecular weight excluding hydrogens is 328 g/mol. The number of benzene rings is 1. The molecule has 1 aromatic carbocycles. The van der Waals surface area contributed by atoms with Crippen LogP contribution in [0.4, 0.5) is 0 Å². The molecule has 0 spiro atoms. The molecule has 2 atom stereocenters. The van der Waals surface area contributed by atoms with Crippen LogP contribution >= 0.6 is 0 Å². The molecule has 1 saturated carbocycles. The molecule has 1 aliphatic carbocycles. The lowest BCUT2D eigenvalue weighted by molar-refractivity contribution is 0.139. The van der Waals surface area contributed by atoms with Crippen LogP contribution in [0.25, 0.3) is 10.9 Å². The Labute approximate surface area is 151 Å². The molecule has 6 heteroatoms. The first-order valence-electron chi connectivity index (χ1n) is 9.32. The first-order chi connectivity index (χ1) is 12.7. The van der Waals surface area contributed by atoms with Gasteiger partial charge in [0.05, 0.1) is 18.2 Å². The van der Waals surface area contributed by atoms with E-state index in [0.717, 1.165) is 35.4 Å². The Morgan fingerprint density at radius 3 is 2.85 bits per heavy atom. The number of β-amino-alcohol motifs (C(OH)–C–C–N with tert-alkyl or cyclic N) is 1. The van der Waals surface area contributed by atoms with Crippen LogP contribution in [-0.4, -0.2) is 44.3 Å². The second kappa shape index (κ2) is 6.45. The van der Waals surface area contributed by atoms with Crippen LogP contribution in [0.3, 0.4) is 0 Å². The summed E-state index contributed by atoms with van der Waals surface area (Å²) in [5.74, 6) is 2.18. The van der Waals surface area contributed by atoms with E-state index < -0.39 is 0 Å². The van der Waals surface area contributed by atoms with Gasteiger partial charge >= 0.3 is 0 Å². The summed E-state index contributed by atoms with van der Waals surface area (Å²) in [4.78, 5) is 11.4. The van der Waals surface area contributed by atoms with Crippen molar-refractivity contribution in [1.29, 1.82) is 0 Å². The molecule has 2 aromatic heterocycles. The van der Waals surface area contributed by atoms with Gasteiger partial charge in [0.1, 0.15) is 0 Å². The van der Waals surface area contributed by atoms with E-state index in [1.54, 1.807) is 0 Å². The Morgan fingerprint density at radius 1 is 1.08 bits per heavy atom. The summed E-state index contributed by atoms with van der Waals surface area (Å²) < 4.78 is 5.37. The number of aliphatic hydroxyl groups excluding tert-OH is 1. The zero-order valence-electron chi connectivity index (χ0n) is 14.6. The number of para-hydroxylation sites is 1. The Hall–Kier alpha value is -2.31. The number of likely N-dealkylation sites (tertiary alicyclic amines) is 1. The third-order valence-corrected chi connectivity index (χ3v) is 5.39. The highest BCUT2D eigenvalue weighted by atomic mass is 16.5. The molecular formula is C20H22N4O2. The SMILES string of the molecule is O[C@@H]1CN(Cc2nc(C3CC3)no2)C[C@H]1Cc1ccc2ccccc2n1. The summed E-state index contributed by atoms with van der Waals surface area (Å²) in [6.45, 7) is 2.06. The maximum Gasteiger partial charge on any atom is 0.240 e. The quantitative estimate of drug-likeness (QED) is 0.762. The monoisotopic (exact) mass is 350 g/mol. The van der Waals surface area contributed by atoms with Crippen molar-refractivity contribution in [3.63, 3.8) is 0 Å². The number of hydrogen-bond acceptors (Lipinski definition) is 6. The van der Waals surface area contributed by atoms with Gasteiger partial charge in [-0.3, -0.25) is 9.88 Å². The maximum atomic E-state index is 10.5. The van der Waals surface area contributed by atoms with Gasteiger partial charge in [-0.25, -0.2) is 0 Å². The number of rotatable bonds is 5. The number of nitrogens with zero attached hydrogens (tertiary/aromatic N) is 4. The van der Waals surface area contributed by atoms with Gasteiger partial charge in [-0.05, 0) is 31.4 Å². The van der Waals surface area contributed by atoms with E-state index >= 15 is 0 Å². The number of aromatic nitrogens is 3. The van der Waals surface area contributed by atoms with Gasteiger partial charge in [-0.15, -0.1) is 0 Å². The van der Waals surface area contributed by atoms with E-state index in [1.807, 2.05) is 18.2 Å². The van der Waals surface area contributed by atoms with E-state index in [0.29, 0.717) is 24.9 Å². The molecule has 5 rings (SSSR count). The fourth-order valence-electron chi connectivity index (χ4n) is 3.79. The molecule has 1 N–H and O–H groups in total. The summed E-state index contributed by atoms with van der Waals surface area (Å²) in [5, 5.41) is 15.7. The van der Waals surface area contributed by atoms with E-state index in [2.05, 4.69) is 33.2 Å². The minimum Gasteiger partial charge on any atom is -0.391 e. The second-order valence-corrected chi connectivity index (χ2v) is 7.54. The van der Waals surface area contributed by atoms with Crippen LogP contribution in [0, 0.1) is 5.92 Å². The molecule has 3 heterocycles. The van der Waals surface area contributed by atoms with Crippen molar-refractivity contribution < 1.29 is 9.63 Å². The van der Waals surface area contributed by atoms with Crippen molar-refractivity contribution in [2.75, 3.05) is 13.1 Å². The topological polar surface area (TPSA) is 75.3 Å². The molecule has 1 aliphatic heterocycles. The summed E-state index contributed by atoms with van der Waals surface area (Å²) in [6, 6.07) is 12.3. The summed E-state index contributed by atoms with van der Waals surface area (Å²) >= 11 is 0. The Balaban J connectivity index is 1.24. The van der Waals surface area contributed by atoms with E-state index in [1.165, 1.54) is 12.8 Å². The average molecular weight is 350 g/mol. The van der Waals surface area contributed by atoms with E-state index in [4.69, 9.17) is 9.51 Å². The lowest BCUT2D eigenvalue weighted by Crippen LogP contribution is -2.21. The van der Waals surface area contributed by atoms with Crippen LogP contribution < -0.4 is 0 Å². The van der Waals surface area contributed by atoms with Gasteiger partial charge in [0, 0.05) is 36.0 Å². The van der Waals surface area contributed by atoms with Crippen molar-refractivity contribution in [3.05, 3.63) is 53.8 Å². The summed E-state index contributed by atoms with van der Waals surface area (Å²) in [5.41, 5.74) is 2.04. The maximum absolute atomic E-state index is 10.5. The highest BCUT2D eigenvalue weighted by Crippen LogP contribution is 2.38. The van der Waals surface area contributed by atoms with Gasteiger partial charge < -0.3 is 9.63 Å². The molecule has 1 saturated heterocycles. The van der Waals surface area contributed by atoms with E-state index in [9.17, 15) is 5.11 Å². The van der Waals surface area contributed by atoms with Crippen molar-refractivity contribution in [1.82, 2.24) is 20.0 Å². The number of pyridine rings is 1. The molecule has 2 fully saturated rings. The first-order valence-corrected chi connectivity index (χ1v) is 9.32. The van der Waals surface area contributed by atoms with Gasteiger partial charge in [-0.1, -0.05) is 29.4 Å². The predicted octanol–water partition coefficient (Wildman–Crippen LogP) is 2.53. The predicted molar refractivity (Wildman–Crippen MR) is 96.5 cm³/mol. The normalized spacial score (nSPS) is 23.7.